The molecule has 88 valence electrons. The Balaban J connectivity index is 2.53. The lowest BCUT2D eigenvalue weighted by Crippen LogP contribution is -1.87. The molecule has 0 saturated carbocycles. The summed E-state index contributed by atoms with van der Waals surface area (Å²) >= 11 is 6.01. The molecule has 2 aromatic rings. The van der Waals surface area contributed by atoms with Crippen LogP contribution in [0.25, 0.3) is 11.3 Å². The number of nitrogens with zero attached hydrogens (tertiary/aromatic N) is 1. The number of hydrogen-bond donors (Lipinski definition) is 0. The van der Waals surface area contributed by atoms with Gasteiger partial charge in [-0.05, 0) is 25.1 Å². The molecule has 0 saturated heterocycles. The Bertz CT molecular complexity index is 563. The highest BCUT2D eigenvalue weighted by atomic mass is 35.5. The minimum Gasteiger partial charge on any atom is -0.495 e. The molecule has 0 aliphatic heterocycles. The van der Waals surface area contributed by atoms with Crippen LogP contribution in [-0.4, -0.2) is 18.6 Å². The Hall–Kier alpha value is -1.81. The van der Waals surface area contributed by atoms with Crippen LogP contribution in [0.3, 0.4) is 0 Å². The molecule has 0 spiro atoms. The highest BCUT2D eigenvalue weighted by Gasteiger charge is 2.15. The van der Waals surface area contributed by atoms with Gasteiger partial charge < -0.3 is 9.26 Å². The number of carbonyl (C=O) groups is 1. The van der Waals surface area contributed by atoms with E-state index >= 15 is 0 Å². The third-order valence-electron chi connectivity index (χ3n) is 2.44. The molecule has 0 N–H and O–H groups in total. The third-order valence-corrected chi connectivity index (χ3v) is 2.74. The molecule has 0 aliphatic rings. The normalized spacial score (nSPS) is 10.3. The van der Waals surface area contributed by atoms with E-state index in [9.17, 15) is 4.79 Å². The SMILES string of the molecule is COc1ccc(-c2onc(C)c2C=O)cc1Cl. The molecule has 0 amide bonds. The van der Waals surface area contributed by atoms with Crippen molar-refractivity contribution in [1.82, 2.24) is 5.16 Å². The maximum atomic E-state index is 10.9. The average Bonchev–Trinajstić information content (AvgIpc) is 2.70. The minimum atomic E-state index is 0.419. The van der Waals surface area contributed by atoms with Crippen molar-refractivity contribution in [2.24, 2.45) is 0 Å². The Morgan fingerprint density at radius 1 is 1.47 bits per heavy atom. The smallest absolute Gasteiger partial charge is 0.177 e. The van der Waals surface area contributed by atoms with Gasteiger partial charge in [-0.2, -0.15) is 0 Å². The first-order valence-corrected chi connectivity index (χ1v) is 5.30. The van der Waals surface area contributed by atoms with E-state index < -0.39 is 0 Å². The van der Waals surface area contributed by atoms with E-state index in [0.29, 0.717) is 33.4 Å². The van der Waals surface area contributed by atoms with Crippen LogP contribution in [0.2, 0.25) is 5.02 Å². The van der Waals surface area contributed by atoms with E-state index in [4.69, 9.17) is 20.9 Å². The Kier molecular flexibility index (Phi) is 3.15. The molecule has 1 heterocycles. The molecule has 0 atom stereocenters. The first kappa shape index (κ1) is 11.7. The van der Waals surface area contributed by atoms with Gasteiger partial charge in [-0.3, -0.25) is 4.79 Å². The van der Waals surface area contributed by atoms with Crippen LogP contribution in [-0.2, 0) is 0 Å². The number of methoxy groups -OCH3 is 1. The van der Waals surface area contributed by atoms with Crippen LogP contribution in [0, 0.1) is 6.92 Å². The van der Waals surface area contributed by atoms with E-state index in [-0.39, 0.29) is 0 Å². The Morgan fingerprint density at radius 2 is 2.24 bits per heavy atom. The predicted molar refractivity (Wildman–Crippen MR) is 63.6 cm³/mol. The zero-order valence-corrected chi connectivity index (χ0v) is 10.1. The molecular formula is C12H10ClNO3. The van der Waals surface area contributed by atoms with Gasteiger partial charge in [-0.1, -0.05) is 16.8 Å². The van der Waals surface area contributed by atoms with Crippen molar-refractivity contribution >= 4 is 17.9 Å². The van der Waals surface area contributed by atoms with Gasteiger partial charge in [-0.15, -0.1) is 0 Å². The Labute approximate surface area is 103 Å². The zero-order chi connectivity index (χ0) is 12.4. The summed E-state index contributed by atoms with van der Waals surface area (Å²) in [6, 6.07) is 5.15. The highest BCUT2D eigenvalue weighted by Crippen LogP contribution is 2.32. The standard InChI is InChI=1S/C12H10ClNO3/c1-7-9(6-15)12(17-14-7)8-3-4-11(16-2)10(13)5-8/h3-6H,1-2H3. The number of aryl methyl sites for hydroxylation is 1. The van der Waals surface area contributed by atoms with Gasteiger partial charge >= 0.3 is 0 Å². The number of rotatable bonds is 3. The fraction of sp³-hybridized carbons (Fsp3) is 0.167. The van der Waals surface area contributed by atoms with E-state index in [0.717, 1.165) is 6.29 Å². The molecule has 17 heavy (non-hydrogen) atoms. The van der Waals surface area contributed by atoms with Crippen molar-refractivity contribution in [1.29, 1.82) is 0 Å². The number of benzene rings is 1. The summed E-state index contributed by atoms with van der Waals surface area (Å²) in [7, 11) is 1.54. The fourth-order valence-corrected chi connectivity index (χ4v) is 1.79. The molecule has 0 bridgehead atoms. The fourth-order valence-electron chi connectivity index (χ4n) is 1.53. The summed E-state index contributed by atoms with van der Waals surface area (Å²) in [4.78, 5) is 10.9. The lowest BCUT2D eigenvalue weighted by atomic mass is 10.1. The minimum absolute atomic E-state index is 0.419. The monoisotopic (exact) mass is 251 g/mol. The number of ether oxygens (including phenoxy) is 1. The van der Waals surface area contributed by atoms with Crippen molar-refractivity contribution in [2.75, 3.05) is 7.11 Å². The van der Waals surface area contributed by atoms with Gasteiger partial charge in [-0.25, -0.2) is 0 Å². The van der Waals surface area contributed by atoms with E-state index in [1.54, 1.807) is 25.1 Å². The van der Waals surface area contributed by atoms with E-state index in [1.165, 1.54) is 7.11 Å². The summed E-state index contributed by atoms with van der Waals surface area (Å²) in [6.07, 6.45) is 0.722. The van der Waals surface area contributed by atoms with Crippen LogP contribution < -0.4 is 4.74 Å². The van der Waals surface area contributed by atoms with Gasteiger partial charge in [0, 0.05) is 5.56 Å². The maximum absolute atomic E-state index is 10.9. The van der Waals surface area contributed by atoms with Gasteiger partial charge in [0.15, 0.2) is 12.0 Å². The molecule has 0 radical (unpaired) electrons. The largest absolute Gasteiger partial charge is 0.495 e. The summed E-state index contributed by atoms with van der Waals surface area (Å²) in [5.41, 5.74) is 1.69. The van der Waals surface area contributed by atoms with E-state index in [1.807, 2.05) is 0 Å². The number of aldehydes is 1. The van der Waals surface area contributed by atoms with Crippen molar-refractivity contribution in [3.63, 3.8) is 0 Å². The van der Waals surface area contributed by atoms with Crippen molar-refractivity contribution < 1.29 is 14.1 Å². The topological polar surface area (TPSA) is 52.3 Å². The molecule has 0 fully saturated rings. The third kappa shape index (κ3) is 2.03. The van der Waals surface area contributed by atoms with Crippen LogP contribution in [0.15, 0.2) is 22.7 Å². The van der Waals surface area contributed by atoms with Crippen molar-refractivity contribution in [3.8, 4) is 17.1 Å². The van der Waals surface area contributed by atoms with Gasteiger partial charge in [0.05, 0.1) is 23.4 Å². The summed E-state index contributed by atoms with van der Waals surface area (Å²) in [6.45, 7) is 1.71. The first-order chi connectivity index (χ1) is 8.17. The van der Waals surface area contributed by atoms with Gasteiger partial charge in [0.1, 0.15) is 5.75 Å². The second-order valence-electron chi connectivity index (χ2n) is 3.48. The quantitative estimate of drug-likeness (QED) is 0.787. The molecule has 5 heteroatoms. The Morgan fingerprint density at radius 3 is 2.82 bits per heavy atom. The molecule has 1 aromatic heterocycles. The second kappa shape index (κ2) is 4.59. The number of carbonyl (C=O) groups excluding carboxylic acids is 1. The molecular weight excluding hydrogens is 242 g/mol. The second-order valence-corrected chi connectivity index (χ2v) is 3.89. The van der Waals surface area contributed by atoms with Crippen molar-refractivity contribution in [2.45, 2.75) is 6.92 Å². The first-order valence-electron chi connectivity index (χ1n) is 4.92. The molecule has 0 aliphatic carbocycles. The maximum Gasteiger partial charge on any atom is 0.177 e. The average molecular weight is 252 g/mol. The highest BCUT2D eigenvalue weighted by molar-refractivity contribution is 6.32. The molecule has 0 unspecified atom stereocenters. The molecule has 2 rings (SSSR count). The molecule has 1 aromatic carbocycles. The number of hydrogen-bond acceptors (Lipinski definition) is 4. The van der Waals surface area contributed by atoms with Gasteiger partial charge in [0.25, 0.3) is 0 Å². The lowest BCUT2D eigenvalue weighted by molar-refractivity contribution is 0.112. The van der Waals surface area contributed by atoms with Gasteiger partial charge in [0.2, 0.25) is 0 Å². The van der Waals surface area contributed by atoms with Crippen molar-refractivity contribution in [3.05, 3.63) is 34.5 Å². The number of aromatic nitrogens is 1. The zero-order valence-electron chi connectivity index (χ0n) is 9.36. The predicted octanol–water partition coefficient (Wildman–Crippen LogP) is 3.12. The summed E-state index contributed by atoms with van der Waals surface area (Å²) in [5, 5.41) is 4.21. The van der Waals surface area contributed by atoms with E-state index in [2.05, 4.69) is 5.16 Å². The summed E-state index contributed by atoms with van der Waals surface area (Å²) < 4.78 is 10.2. The number of halogens is 1. The van der Waals surface area contributed by atoms with Crippen LogP contribution in [0.1, 0.15) is 16.1 Å². The van der Waals surface area contributed by atoms with Crippen LogP contribution in [0.5, 0.6) is 5.75 Å². The summed E-state index contributed by atoms with van der Waals surface area (Å²) in [5.74, 6) is 0.987. The van der Waals surface area contributed by atoms with Crippen LogP contribution in [0.4, 0.5) is 0 Å². The van der Waals surface area contributed by atoms with Crippen LogP contribution >= 0.6 is 11.6 Å². The lowest BCUT2D eigenvalue weighted by Gasteiger charge is -2.04. The molecule has 4 nitrogen and oxygen atoms in total.